The molecule has 0 spiro atoms. The fourth-order valence-corrected chi connectivity index (χ4v) is 2.48. The van der Waals surface area contributed by atoms with Gasteiger partial charge in [0.2, 0.25) is 0 Å². The Hall–Kier alpha value is -1.13. The quantitative estimate of drug-likeness (QED) is 0.883. The summed E-state index contributed by atoms with van der Waals surface area (Å²) in [6, 6.07) is 8.63. The summed E-state index contributed by atoms with van der Waals surface area (Å²) in [5.74, 6) is 0.154. The van der Waals surface area contributed by atoms with Crippen molar-refractivity contribution in [1.82, 2.24) is 10.2 Å². The van der Waals surface area contributed by atoms with Crippen molar-refractivity contribution in [2.45, 2.75) is 19.1 Å². The van der Waals surface area contributed by atoms with E-state index in [1.807, 2.05) is 0 Å². The van der Waals surface area contributed by atoms with Crippen LogP contribution in [0.3, 0.4) is 0 Å². The van der Waals surface area contributed by atoms with Crippen LogP contribution in [0.25, 0.3) is 0 Å². The van der Waals surface area contributed by atoms with Crippen molar-refractivity contribution in [2.24, 2.45) is 0 Å². The van der Waals surface area contributed by atoms with E-state index in [1.54, 1.807) is 18.2 Å². The largest absolute Gasteiger partial charge is 0.434 e. The summed E-state index contributed by atoms with van der Waals surface area (Å²) < 4.78 is 29.5. The Morgan fingerprint density at radius 2 is 1.86 bits per heavy atom. The topological polar surface area (TPSA) is 48.3 Å². The van der Waals surface area contributed by atoms with Gasteiger partial charge in [0.25, 0.3) is 0 Å². The van der Waals surface area contributed by atoms with E-state index in [0.717, 1.165) is 26.2 Å². The Kier molecular flexibility index (Phi) is 10.0. The minimum Gasteiger partial charge on any atom is -0.434 e. The van der Waals surface area contributed by atoms with E-state index in [2.05, 4.69) is 21.0 Å². The van der Waals surface area contributed by atoms with E-state index in [4.69, 9.17) is 5.26 Å². The van der Waals surface area contributed by atoms with Gasteiger partial charge in [-0.05, 0) is 6.07 Å². The van der Waals surface area contributed by atoms with Crippen molar-refractivity contribution in [1.29, 1.82) is 5.26 Å². The van der Waals surface area contributed by atoms with Crippen LogP contribution in [0.4, 0.5) is 8.78 Å². The molecule has 8 heteroatoms. The molecule has 1 saturated heterocycles. The zero-order valence-electron chi connectivity index (χ0n) is 11.9. The molecular formula is C14H19Cl2F2N3O. The first-order valence-electron chi connectivity index (χ1n) is 6.58. The van der Waals surface area contributed by atoms with Crippen LogP contribution in [0.1, 0.15) is 18.0 Å². The first-order chi connectivity index (χ1) is 9.72. The number of hydrogen-bond donors (Lipinski definition) is 1. The van der Waals surface area contributed by atoms with Gasteiger partial charge in [-0.3, -0.25) is 4.90 Å². The second kappa shape index (κ2) is 10.6. The maximum atomic E-state index is 12.5. The highest BCUT2D eigenvalue weighted by atomic mass is 35.5. The van der Waals surface area contributed by atoms with Gasteiger partial charge >= 0.3 is 6.61 Å². The highest BCUT2D eigenvalue weighted by Crippen LogP contribution is 2.32. The van der Waals surface area contributed by atoms with Gasteiger partial charge in [0, 0.05) is 31.7 Å². The minimum atomic E-state index is -2.86. The molecule has 0 saturated carbocycles. The Morgan fingerprint density at radius 1 is 1.23 bits per heavy atom. The summed E-state index contributed by atoms with van der Waals surface area (Å²) in [6.45, 7) is 0.381. The number of piperazine rings is 1. The number of nitrogens with zero attached hydrogens (tertiary/aromatic N) is 2. The number of ether oxygens (including phenoxy) is 1. The van der Waals surface area contributed by atoms with Crippen LogP contribution < -0.4 is 10.1 Å². The van der Waals surface area contributed by atoms with Gasteiger partial charge in [-0.2, -0.15) is 14.0 Å². The van der Waals surface area contributed by atoms with E-state index in [9.17, 15) is 8.78 Å². The molecule has 1 aromatic rings. The molecule has 0 unspecified atom stereocenters. The Bertz CT molecular complexity index is 479. The minimum absolute atomic E-state index is 0. The van der Waals surface area contributed by atoms with Crippen molar-refractivity contribution < 1.29 is 13.5 Å². The summed E-state index contributed by atoms with van der Waals surface area (Å²) in [6.07, 6.45) is 0.254. The van der Waals surface area contributed by atoms with Gasteiger partial charge < -0.3 is 10.1 Å². The third-order valence-corrected chi connectivity index (χ3v) is 3.37. The normalized spacial score (nSPS) is 16.1. The summed E-state index contributed by atoms with van der Waals surface area (Å²) in [7, 11) is 0. The van der Waals surface area contributed by atoms with E-state index >= 15 is 0 Å². The Balaban J connectivity index is 0.00000220. The predicted molar refractivity (Wildman–Crippen MR) is 85.0 cm³/mol. The van der Waals surface area contributed by atoms with Gasteiger partial charge in [-0.25, -0.2) is 0 Å². The van der Waals surface area contributed by atoms with Crippen molar-refractivity contribution >= 4 is 24.8 Å². The molecule has 124 valence electrons. The van der Waals surface area contributed by atoms with Crippen molar-refractivity contribution in [3.63, 3.8) is 0 Å². The fourth-order valence-electron chi connectivity index (χ4n) is 2.48. The Labute approximate surface area is 141 Å². The maximum Gasteiger partial charge on any atom is 0.387 e. The van der Waals surface area contributed by atoms with Crippen LogP contribution in [0.15, 0.2) is 24.3 Å². The van der Waals surface area contributed by atoms with E-state index in [0.29, 0.717) is 5.56 Å². The summed E-state index contributed by atoms with van der Waals surface area (Å²) in [5.41, 5.74) is 0.649. The Morgan fingerprint density at radius 3 is 2.45 bits per heavy atom. The third-order valence-electron chi connectivity index (χ3n) is 3.37. The smallest absolute Gasteiger partial charge is 0.387 e. The molecule has 1 atom stereocenters. The molecule has 1 aliphatic rings. The zero-order valence-corrected chi connectivity index (χ0v) is 13.5. The van der Waals surface area contributed by atoms with Crippen LogP contribution >= 0.6 is 24.8 Å². The van der Waals surface area contributed by atoms with Gasteiger partial charge in [-0.15, -0.1) is 24.8 Å². The fraction of sp³-hybridized carbons (Fsp3) is 0.500. The van der Waals surface area contributed by atoms with Gasteiger partial charge in [0.1, 0.15) is 5.75 Å². The molecule has 22 heavy (non-hydrogen) atoms. The number of nitriles is 1. The molecule has 0 aliphatic carbocycles. The molecule has 0 aromatic heterocycles. The standard InChI is InChI=1S/C14H17F2N3O.2ClH/c15-14(16)20-13-4-2-1-3-11(13)12(5-6-17)19-9-7-18-8-10-19;;/h1-4,12,14,18H,5,7-10H2;2*1H/t12-;;/m1../s1. The number of rotatable bonds is 5. The molecular weight excluding hydrogens is 335 g/mol. The highest BCUT2D eigenvalue weighted by Gasteiger charge is 2.25. The molecule has 1 fully saturated rings. The maximum absolute atomic E-state index is 12.5. The van der Waals surface area contributed by atoms with Crippen LogP contribution in [-0.4, -0.2) is 37.7 Å². The second-order valence-electron chi connectivity index (χ2n) is 4.58. The first-order valence-corrected chi connectivity index (χ1v) is 6.58. The molecule has 2 rings (SSSR count). The number of nitrogens with one attached hydrogen (secondary N) is 1. The van der Waals surface area contributed by atoms with Crippen LogP contribution in [0.2, 0.25) is 0 Å². The predicted octanol–water partition coefficient (Wildman–Crippen LogP) is 2.99. The first kappa shape index (κ1) is 20.9. The summed E-state index contributed by atoms with van der Waals surface area (Å²) in [4.78, 5) is 2.13. The number of hydrogen-bond acceptors (Lipinski definition) is 4. The molecule has 1 aromatic carbocycles. The molecule has 1 N–H and O–H groups in total. The second-order valence-corrected chi connectivity index (χ2v) is 4.58. The third kappa shape index (κ3) is 5.58. The van der Waals surface area contributed by atoms with Gasteiger partial charge in [0.05, 0.1) is 18.5 Å². The van der Waals surface area contributed by atoms with Crippen LogP contribution in [0, 0.1) is 11.3 Å². The average Bonchev–Trinajstić information content (AvgIpc) is 2.46. The number of para-hydroxylation sites is 1. The molecule has 1 heterocycles. The SMILES string of the molecule is Cl.Cl.N#CC[C@H](c1ccccc1OC(F)F)N1CCNCC1. The summed E-state index contributed by atoms with van der Waals surface area (Å²) >= 11 is 0. The van der Waals surface area contributed by atoms with Crippen molar-refractivity contribution in [2.75, 3.05) is 26.2 Å². The van der Waals surface area contributed by atoms with Gasteiger partial charge in [-0.1, -0.05) is 18.2 Å². The van der Waals surface area contributed by atoms with Crippen LogP contribution in [-0.2, 0) is 0 Å². The lowest BCUT2D eigenvalue weighted by atomic mass is 10.0. The molecule has 0 amide bonds. The molecule has 0 bridgehead atoms. The highest BCUT2D eigenvalue weighted by molar-refractivity contribution is 5.85. The number of benzene rings is 1. The van der Waals surface area contributed by atoms with Crippen molar-refractivity contribution in [3.05, 3.63) is 29.8 Å². The monoisotopic (exact) mass is 353 g/mol. The number of alkyl halides is 2. The number of halogens is 4. The average molecular weight is 354 g/mol. The lowest BCUT2D eigenvalue weighted by Crippen LogP contribution is -2.45. The van der Waals surface area contributed by atoms with Crippen LogP contribution in [0.5, 0.6) is 5.75 Å². The molecule has 0 radical (unpaired) electrons. The van der Waals surface area contributed by atoms with Gasteiger partial charge in [0.15, 0.2) is 0 Å². The van der Waals surface area contributed by atoms with E-state index < -0.39 is 6.61 Å². The lowest BCUT2D eigenvalue weighted by molar-refractivity contribution is -0.0512. The van der Waals surface area contributed by atoms with Crippen molar-refractivity contribution in [3.8, 4) is 11.8 Å². The molecule has 1 aliphatic heterocycles. The zero-order chi connectivity index (χ0) is 14.4. The molecule has 4 nitrogen and oxygen atoms in total. The van der Waals surface area contributed by atoms with E-state index in [-0.39, 0.29) is 43.0 Å². The van der Waals surface area contributed by atoms with E-state index in [1.165, 1.54) is 6.07 Å². The summed E-state index contributed by atoms with van der Waals surface area (Å²) in [5, 5.41) is 12.3. The lowest BCUT2D eigenvalue weighted by Gasteiger charge is -2.34.